The number of hydrogen-bond acceptors (Lipinski definition) is 4. The number of nitrogen functional groups attached to an aromatic ring is 1. The normalized spacial score (nSPS) is 24.0. The lowest BCUT2D eigenvalue weighted by Crippen LogP contribution is -2.49. The molecule has 0 amide bonds. The molecule has 1 aromatic rings. The molecule has 0 radical (unpaired) electrons. The lowest BCUT2D eigenvalue weighted by atomic mass is 10.1. The minimum Gasteiger partial charge on any atom is -0.399 e. The van der Waals surface area contributed by atoms with Crippen LogP contribution in [0.2, 0.25) is 0 Å². The van der Waals surface area contributed by atoms with Crippen LogP contribution in [-0.2, 0) is 0 Å². The summed E-state index contributed by atoms with van der Waals surface area (Å²) in [6.45, 7) is 4.40. The third kappa shape index (κ3) is 1.68. The van der Waals surface area contributed by atoms with Crippen molar-refractivity contribution in [2.24, 2.45) is 5.92 Å². The van der Waals surface area contributed by atoms with Crippen LogP contribution in [0.5, 0.6) is 0 Å². The largest absolute Gasteiger partial charge is 0.399 e. The molecule has 1 atom stereocenters. The first-order valence-electron chi connectivity index (χ1n) is 5.13. The molecular weight excluding hydrogens is 206 g/mol. The molecule has 82 valence electrons. The number of benzene rings is 1. The van der Waals surface area contributed by atoms with Crippen LogP contribution in [0.15, 0.2) is 23.1 Å². The molecule has 1 aliphatic rings. The zero-order valence-electron chi connectivity index (χ0n) is 9.29. The predicted molar refractivity (Wildman–Crippen MR) is 67.0 cm³/mol. The summed E-state index contributed by atoms with van der Waals surface area (Å²) in [6.07, 6.45) is 0. The Bertz CT molecular complexity index is 378. The first-order valence-corrected chi connectivity index (χ1v) is 5.94. The molecule has 1 unspecified atom stereocenters. The highest BCUT2D eigenvalue weighted by Crippen LogP contribution is 2.47. The molecule has 1 heterocycles. The summed E-state index contributed by atoms with van der Waals surface area (Å²) >= 11 is 1.80. The number of thioether (sulfide) groups is 1. The Labute approximate surface area is 94.8 Å². The van der Waals surface area contributed by atoms with Crippen molar-refractivity contribution in [2.45, 2.75) is 23.7 Å². The molecule has 2 rings (SSSR count). The molecule has 0 bridgehead atoms. The summed E-state index contributed by atoms with van der Waals surface area (Å²) in [5.74, 6) is 0.487. The van der Waals surface area contributed by atoms with Crippen LogP contribution >= 0.6 is 11.8 Å². The van der Waals surface area contributed by atoms with Gasteiger partial charge in [-0.15, -0.1) is 0 Å². The maximum Gasteiger partial charge on any atom is 0.143 e. The van der Waals surface area contributed by atoms with Gasteiger partial charge in [-0.2, -0.15) is 0 Å². The van der Waals surface area contributed by atoms with Crippen molar-refractivity contribution in [3.8, 4) is 0 Å². The lowest BCUT2D eigenvalue weighted by Gasteiger charge is -2.32. The number of nitrogens with two attached hydrogens (primary N) is 1. The summed E-state index contributed by atoms with van der Waals surface area (Å²) in [6, 6.07) is 5.99. The first-order chi connectivity index (χ1) is 7.07. The number of rotatable bonds is 2. The van der Waals surface area contributed by atoms with E-state index < -0.39 is 0 Å². The van der Waals surface area contributed by atoms with E-state index in [0.717, 1.165) is 11.4 Å². The van der Waals surface area contributed by atoms with E-state index >= 15 is 0 Å². The maximum absolute atomic E-state index is 5.78. The Kier molecular flexibility index (Phi) is 2.56. The van der Waals surface area contributed by atoms with Crippen molar-refractivity contribution >= 4 is 23.1 Å². The van der Waals surface area contributed by atoms with Crippen LogP contribution in [0, 0.1) is 5.92 Å². The zero-order chi connectivity index (χ0) is 11.1. The second-order valence-electron chi connectivity index (χ2n) is 4.12. The Morgan fingerprint density at radius 3 is 2.80 bits per heavy atom. The van der Waals surface area contributed by atoms with E-state index in [1.54, 1.807) is 11.8 Å². The minimum absolute atomic E-state index is 0.101. The molecule has 3 nitrogen and oxygen atoms in total. The summed E-state index contributed by atoms with van der Waals surface area (Å²) in [5.41, 5.74) is 7.76. The minimum atomic E-state index is -0.101. The van der Waals surface area contributed by atoms with Crippen molar-refractivity contribution in [3.05, 3.63) is 18.2 Å². The van der Waals surface area contributed by atoms with Crippen LogP contribution in [0.1, 0.15) is 13.8 Å². The number of hydrogen-bond donors (Lipinski definition) is 3. The standard InChI is InChI=1S/C11H17N3S/c1-7(2)11(13-3)14-9-5-4-8(12)6-10(9)15-11/h4-7,13-14H,12H2,1-3H3. The lowest BCUT2D eigenvalue weighted by molar-refractivity contribution is 0.430. The molecule has 0 fully saturated rings. The van der Waals surface area contributed by atoms with E-state index in [9.17, 15) is 0 Å². The van der Waals surface area contributed by atoms with Crippen LogP contribution in [0.25, 0.3) is 0 Å². The summed E-state index contributed by atoms with van der Waals surface area (Å²) in [5, 5.41) is 6.87. The van der Waals surface area contributed by atoms with Crippen molar-refractivity contribution in [1.82, 2.24) is 5.32 Å². The zero-order valence-corrected chi connectivity index (χ0v) is 10.1. The Morgan fingerprint density at radius 1 is 1.47 bits per heavy atom. The Morgan fingerprint density at radius 2 is 2.20 bits per heavy atom. The van der Waals surface area contributed by atoms with E-state index in [1.807, 2.05) is 25.2 Å². The second kappa shape index (κ2) is 3.61. The molecule has 0 saturated carbocycles. The third-order valence-corrected chi connectivity index (χ3v) is 4.44. The monoisotopic (exact) mass is 223 g/mol. The highest BCUT2D eigenvalue weighted by Gasteiger charge is 2.39. The molecule has 4 N–H and O–H groups in total. The van der Waals surface area contributed by atoms with Crippen LogP contribution < -0.4 is 16.4 Å². The fraction of sp³-hybridized carbons (Fsp3) is 0.455. The van der Waals surface area contributed by atoms with Gasteiger partial charge in [0.05, 0.1) is 5.69 Å². The highest BCUT2D eigenvalue weighted by atomic mass is 32.2. The van der Waals surface area contributed by atoms with Crippen LogP contribution in [0.4, 0.5) is 11.4 Å². The third-order valence-electron chi connectivity index (χ3n) is 2.78. The van der Waals surface area contributed by atoms with Crippen LogP contribution in [-0.4, -0.2) is 12.0 Å². The van der Waals surface area contributed by atoms with Gasteiger partial charge in [0.2, 0.25) is 0 Å². The molecule has 4 heteroatoms. The van der Waals surface area contributed by atoms with Crippen molar-refractivity contribution in [3.63, 3.8) is 0 Å². The van der Waals surface area contributed by atoms with E-state index in [4.69, 9.17) is 5.73 Å². The maximum atomic E-state index is 5.78. The Balaban J connectivity index is 2.35. The summed E-state index contributed by atoms with van der Waals surface area (Å²) in [4.78, 5) is 1.12. The molecule has 1 aliphatic heterocycles. The van der Waals surface area contributed by atoms with E-state index in [2.05, 4.69) is 24.5 Å². The highest BCUT2D eigenvalue weighted by molar-refractivity contribution is 8.01. The first kappa shape index (κ1) is 10.6. The topological polar surface area (TPSA) is 50.1 Å². The fourth-order valence-electron chi connectivity index (χ4n) is 1.79. The summed E-state index contributed by atoms with van der Waals surface area (Å²) in [7, 11) is 1.98. The molecule has 0 aliphatic carbocycles. The fourth-order valence-corrected chi connectivity index (χ4v) is 3.06. The second-order valence-corrected chi connectivity index (χ2v) is 5.41. The van der Waals surface area contributed by atoms with E-state index in [0.29, 0.717) is 5.92 Å². The van der Waals surface area contributed by atoms with Gasteiger partial charge in [-0.05, 0) is 31.2 Å². The smallest absolute Gasteiger partial charge is 0.143 e. The van der Waals surface area contributed by atoms with Crippen molar-refractivity contribution in [1.29, 1.82) is 0 Å². The molecule has 1 aromatic carbocycles. The van der Waals surface area contributed by atoms with Gasteiger partial charge in [0, 0.05) is 10.6 Å². The quantitative estimate of drug-likeness (QED) is 0.673. The van der Waals surface area contributed by atoms with Gasteiger partial charge in [-0.1, -0.05) is 25.6 Å². The van der Waals surface area contributed by atoms with Gasteiger partial charge < -0.3 is 11.1 Å². The van der Waals surface area contributed by atoms with Gasteiger partial charge in [0.1, 0.15) is 4.99 Å². The van der Waals surface area contributed by atoms with Gasteiger partial charge >= 0.3 is 0 Å². The van der Waals surface area contributed by atoms with Crippen molar-refractivity contribution < 1.29 is 0 Å². The number of fused-ring (bicyclic) bond motifs is 1. The summed E-state index contributed by atoms with van der Waals surface area (Å²) < 4.78 is 0. The van der Waals surface area contributed by atoms with Crippen molar-refractivity contribution in [2.75, 3.05) is 18.1 Å². The molecule has 0 saturated heterocycles. The average Bonchev–Trinajstić information content (AvgIpc) is 2.56. The molecule has 15 heavy (non-hydrogen) atoms. The Hall–Kier alpha value is -0.870. The van der Waals surface area contributed by atoms with E-state index in [1.165, 1.54) is 4.90 Å². The number of anilines is 2. The van der Waals surface area contributed by atoms with Gasteiger partial charge in [0.25, 0.3) is 0 Å². The van der Waals surface area contributed by atoms with Gasteiger partial charge in [0.15, 0.2) is 0 Å². The van der Waals surface area contributed by atoms with Gasteiger partial charge in [-0.25, -0.2) is 0 Å². The molecule has 0 aromatic heterocycles. The van der Waals surface area contributed by atoms with Crippen LogP contribution in [0.3, 0.4) is 0 Å². The molecular formula is C11H17N3S. The SMILES string of the molecule is CNC1(C(C)C)Nc2ccc(N)cc2S1. The number of nitrogens with one attached hydrogen (secondary N) is 2. The molecule has 0 spiro atoms. The van der Waals surface area contributed by atoms with E-state index in [-0.39, 0.29) is 4.99 Å². The van der Waals surface area contributed by atoms with Gasteiger partial charge in [-0.3, -0.25) is 5.32 Å². The average molecular weight is 223 g/mol. The predicted octanol–water partition coefficient (Wildman–Crippen LogP) is 2.32.